The summed E-state index contributed by atoms with van der Waals surface area (Å²) < 4.78 is 33.1. The van der Waals surface area contributed by atoms with Gasteiger partial charge in [0.15, 0.2) is 0 Å². The summed E-state index contributed by atoms with van der Waals surface area (Å²) in [5.41, 5.74) is 1.47. The zero-order chi connectivity index (χ0) is 22.7. The topological polar surface area (TPSA) is 105 Å². The van der Waals surface area contributed by atoms with Crippen LogP contribution >= 0.6 is 22.7 Å². The van der Waals surface area contributed by atoms with Gasteiger partial charge in [0.25, 0.3) is 0 Å². The van der Waals surface area contributed by atoms with E-state index in [9.17, 15) is 18.0 Å². The van der Waals surface area contributed by atoms with Crippen LogP contribution in [-0.2, 0) is 19.6 Å². The first-order chi connectivity index (χ1) is 15.4. The predicted octanol–water partition coefficient (Wildman–Crippen LogP) is 3.25. The zero-order valence-corrected chi connectivity index (χ0v) is 20.3. The van der Waals surface area contributed by atoms with Gasteiger partial charge < -0.3 is 10.1 Å². The summed E-state index contributed by atoms with van der Waals surface area (Å²) in [4.78, 5) is 27.1. The number of sulfonamides is 1. The van der Waals surface area contributed by atoms with E-state index in [1.165, 1.54) is 22.7 Å². The summed E-state index contributed by atoms with van der Waals surface area (Å²) >= 11 is 2.56. The first kappa shape index (κ1) is 23.4. The molecular formula is C21H27N3O5S3. The molecule has 0 atom stereocenters. The Morgan fingerprint density at radius 2 is 1.94 bits per heavy atom. The molecule has 1 saturated carbocycles. The summed E-state index contributed by atoms with van der Waals surface area (Å²) in [6.45, 7) is 3.49. The lowest BCUT2D eigenvalue weighted by Crippen LogP contribution is -2.46. The van der Waals surface area contributed by atoms with E-state index < -0.39 is 10.0 Å². The van der Waals surface area contributed by atoms with Crippen LogP contribution in [0.5, 0.6) is 0 Å². The first-order valence-electron chi connectivity index (χ1n) is 10.7. The maximum Gasteiger partial charge on any atom is 0.341 e. The number of nitrogens with zero attached hydrogens (tertiary/aromatic N) is 1. The van der Waals surface area contributed by atoms with Crippen LogP contribution in [0.1, 0.15) is 54.4 Å². The number of carbonyl (C=O) groups excluding carboxylic acids is 2. The van der Waals surface area contributed by atoms with Crippen LogP contribution in [0.4, 0.5) is 5.00 Å². The molecule has 2 aliphatic rings. The normalized spacial score (nSPS) is 17.9. The van der Waals surface area contributed by atoms with Crippen molar-refractivity contribution >= 4 is 49.6 Å². The Hall–Kier alpha value is -1.79. The van der Waals surface area contributed by atoms with Gasteiger partial charge in [-0.15, -0.1) is 22.7 Å². The highest BCUT2D eigenvalue weighted by molar-refractivity contribution is 7.91. The van der Waals surface area contributed by atoms with Gasteiger partial charge in [0.05, 0.1) is 18.7 Å². The minimum absolute atomic E-state index is 0.143. The number of nitrogens with one attached hydrogen (secondary N) is 2. The molecule has 2 aromatic rings. The quantitative estimate of drug-likeness (QED) is 0.516. The third-order valence-electron chi connectivity index (χ3n) is 5.61. The lowest BCUT2D eigenvalue weighted by atomic mass is 10.1. The standard InChI is InChI=1S/C21H27N3O5S3/c1-2-29-21(26)19-16(14-5-6-14)13-31-20(19)22-17(25)12-24-9-7-15(8-10-24)23-32(27,28)18-4-3-11-30-18/h3-4,11,13-15,23H,2,5-10,12H2,1H3,(H,22,25). The predicted molar refractivity (Wildman–Crippen MR) is 125 cm³/mol. The number of hydrogen-bond acceptors (Lipinski definition) is 8. The van der Waals surface area contributed by atoms with Crippen LogP contribution in [0.3, 0.4) is 0 Å². The Morgan fingerprint density at radius 1 is 1.19 bits per heavy atom. The van der Waals surface area contributed by atoms with E-state index >= 15 is 0 Å². The largest absolute Gasteiger partial charge is 0.462 e. The molecule has 0 spiro atoms. The molecule has 8 nitrogen and oxygen atoms in total. The highest BCUT2D eigenvalue weighted by atomic mass is 32.2. The van der Waals surface area contributed by atoms with Crippen molar-refractivity contribution in [2.75, 3.05) is 31.6 Å². The molecule has 1 aliphatic heterocycles. The van der Waals surface area contributed by atoms with Crippen molar-refractivity contribution in [2.24, 2.45) is 0 Å². The van der Waals surface area contributed by atoms with Crippen molar-refractivity contribution < 1.29 is 22.7 Å². The Kier molecular flexibility index (Phi) is 7.30. The van der Waals surface area contributed by atoms with Crippen molar-refractivity contribution in [2.45, 2.75) is 48.8 Å². The van der Waals surface area contributed by atoms with E-state index in [0.29, 0.717) is 46.6 Å². The highest BCUT2D eigenvalue weighted by Crippen LogP contribution is 2.46. The van der Waals surface area contributed by atoms with Crippen molar-refractivity contribution in [3.63, 3.8) is 0 Å². The van der Waals surface area contributed by atoms with Gasteiger partial charge in [-0.1, -0.05) is 6.07 Å². The molecule has 0 bridgehead atoms. The SMILES string of the molecule is CCOC(=O)c1c(C2CC2)csc1NC(=O)CN1CCC(NS(=O)(=O)c2cccs2)CC1. The molecule has 11 heteroatoms. The molecule has 1 aliphatic carbocycles. The van der Waals surface area contributed by atoms with Gasteiger partial charge in [-0.3, -0.25) is 9.69 Å². The number of hydrogen-bond donors (Lipinski definition) is 2. The van der Waals surface area contributed by atoms with E-state index in [1.807, 2.05) is 10.3 Å². The van der Waals surface area contributed by atoms with Crippen LogP contribution in [0.2, 0.25) is 0 Å². The summed E-state index contributed by atoms with van der Waals surface area (Å²) in [5, 5.41) is 7.13. The second-order valence-electron chi connectivity index (χ2n) is 8.04. The fourth-order valence-electron chi connectivity index (χ4n) is 3.84. The average molecular weight is 498 g/mol. The van der Waals surface area contributed by atoms with Gasteiger partial charge in [0.1, 0.15) is 9.21 Å². The number of rotatable bonds is 9. The molecule has 1 saturated heterocycles. The molecule has 4 rings (SSSR count). The molecule has 0 aromatic carbocycles. The molecule has 2 N–H and O–H groups in total. The van der Waals surface area contributed by atoms with E-state index in [4.69, 9.17) is 4.74 Å². The van der Waals surface area contributed by atoms with Gasteiger partial charge in [0.2, 0.25) is 15.9 Å². The molecule has 0 radical (unpaired) electrons. The first-order valence-corrected chi connectivity index (χ1v) is 14.0. The number of likely N-dealkylation sites (tertiary alicyclic amines) is 1. The monoisotopic (exact) mass is 497 g/mol. The number of piperidine rings is 1. The fraction of sp³-hybridized carbons (Fsp3) is 0.524. The Labute approximate surface area is 196 Å². The minimum atomic E-state index is -3.49. The number of thiophene rings is 2. The Balaban J connectivity index is 1.30. The second-order valence-corrected chi connectivity index (χ2v) is 11.8. The van der Waals surface area contributed by atoms with E-state index in [2.05, 4.69) is 10.0 Å². The van der Waals surface area contributed by atoms with Gasteiger partial charge in [0, 0.05) is 19.1 Å². The smallest absolute Gasteiger partial charge is 0.341 e. The van der Waals surface area contributed by atoms with Crippen LogP contribution in [-0.4, -0.2) is 57.5 Å². The molecule has 0 unspecified atom stereocenters. The minimum Gasteiger partial charge on any atom is -0.462 e. The summed E-state index contributed by atoms with van der Waals surface area (Å²) in [5.74, 6) is -0.185. The number of carbonyl (C=O) groups is 2. The van der Waals surface area contributed by atoms with E-state index in [1.54, 1.807) is 24.4 Å². The molecule has 1 amide bonds. The molecule has 2 fully saturated rings. The molecule has 2 aromatic heterocycles. The Morgan fingerprint density at radius 3 is 2.56 bits per heavy atom. The second kappa shape index (κ2) is 10.0. The molecule has 32 heavy (non-hydrogen) atoms. The summed E-state index contributed by atoms with van der Waals surface area (Å²) in [7, 11) is -3.49. The zero-order valence-electron chi connectivity index (χ0n) is 17.8. The van der Waals surface area contributed by atoms with Crippen LogP contribution in [0, 0.1) is 0 Å². The van der Waals surface area contributed by atoms with E-state index in [-0.39, 0.29) is 31.1 Å². The van der Waals surface area contributed by atoms with Gasteiger partial charge in [-0.05, 0) is 60.9 Å². The fourth-order valence-corrected chi connectivity index (χ4v) is 7.21. The number of esters is 1. The Bertz CT molecular complexity index is 1050. The van der Waals surface area contributed by atoms with Crippen LogP contribution in [0.25, 0.3) is 0 Å². The van der Waals surface area contributed by atoms with Crippen molar-refractivity contribution in [1.29, 1.82) is 0 Å². The number of anilines is 1. The lowest BCUT2D eigenvalue weighted by Gasteiger charge is -2.31. The number of ether oxygens (including phenoxy) is 1. The van der Waals surface area contributed by atoms with Crippen LogP contribution in [0.15, 0.2) is 27.1 Å². The average Bonchev–Trinajstić information content (AvgIpc) is 3.26. The van der Waals surface area contributed by atoms with Crippen molar-refractivity contribution in [1.82, 2.24) is 9.62 Å². The van der Waals surface area contributed by atoms with Gasteiger partial charge in [-0.2, -0.15) is 0 Å². The highest BCUT2D eigenvalue weighted by Gasteiger charge is 2.33. The summed E-state index contributed by atoms with van der Waals surface area (Å²) in [6.07, 6.45) is 3.39. The maximum absolute atomic E-state index is 12.7. The van der Waals surface area contributed by atoms with Gasteiger partial charge >= 0.3 is 5.97 Å². The van der Waals surface area contributed by atoms with Crippen molar-refractivity contribution in [3.8, 4) is 0 Å². The third-order valence-corrected chi connectivity index (χ3v) is 9.44. The molecular weight excluding hydrogens is 470 g/mol. The third kappa shape index (κ3) is 5.57. The van der Waals surface area contributed by atoms with Crippen LogP contribution < -0.4 is 10.0 Å². The van der Waals surface area contributed by atoms with E-state index in [0.717, 1.165) is 18.4 Å². The molecule has 174 valence electrons. The van der Waals surface area contributed by atoms with Crippen molar-refractivity contribution in [3.05, 3.63) is 34.0 Å². The maximum atomic E-state index is 12.7. The van der Waals surface area contributed by atoms with Gasteiger partial charge in [-0.25, -0.2) is 17.9 Å². The molecule has 3 heterocycles. The summed E-state index contributed by atoms with van der Waals surface area (Å²) in [6, 6.07) is 3.17. The lowest BCUT2D eigenvalue weighted by molar-refractivity contribution is -0.117. The number of amides is 1.